The highest BCUT2D eigenvalue weighted by molar-refractivity contribution is 5.93. The molecule has 3 heterocycles. The maximum atomic E-state index is 12.8. The first-order valence-corrected chi connectivity index (χ1v) is 30.8. The van der Waals surface area contributed by atoms with Crippen LogP contribution in [0.5, 0.6) is 34.5 Å². The van der Waals surface area contributed by atoms with Crippen molar-refractivity contribution in [3.8, 4) is 34.5 Å². The monoisotopic (exact) mass is 1230 g/mol. The van der Waals surface area contributed by atoms with E-state index in [9.17, 15) is 28.8 Å². The lowest BCUT2D eigenvalue weighted by atomic mass is 10.1. The molecule has 0 bridgehead atoms. The van der Waals surface area contributed by atoms with E-state index < -0.39 is 34.8 Å². The van der Waals surface area contributed by atoms with Crippen molar-refractivity contribution >= 4 is 50.8 Å². The number of esters is 3. The summed E-state index contributed by atoms with van der Waals surface area (Å²) in [4.78, 5) is 73.1. The summed E-state index contributed by atoms with van der Waals surface area (Å²) in [5.74, 6) is 1.24. The minimum atomic E-state index is -0.531. The molecular formula is C72H74O18. The molecule has 0 aliphatic heterocycles. The van der Waals surface area contributed by atoms with E-state index in [1.54, 1.807) is 127 Å². The number of fused-ring (bicyclic) bond motifs is 3. The average Bonchev–Trinajstić information content (AvgIpc) is 1.41. The smallest absolute Gasteiger partial charge is 0.343 e. The molecule has 18 nitrogen and oxygen atoms in total. The van der Waals surface area contributed by atoms with Gasteiger partial charge < -0.3 is 55.9 Å². The summed E-state index contributed by atoms with van der Waals surface area (Å²) in [6.07, 6.45) is 14.6. The number of carbonyl (C=O) groups is 3. The molecule has 0 fully saturated rings. The normalized spacial score (nSPS) is 11.3. The van der Waals surface area contributed by atoms with Crippen LogP contribution in [0.3, 0.4) is 0 Å². The highest BCUT2D eigenvalue weighted by atomic mass is 16.6. The van der Waals surface area contributed by atoms with Crippen LogP contribution in [-0.4, -0.2) is 76.9 Å². The maximum Gasteiger partial charge on any atom is 0.343 e. The van der Waals surface area contributed by atoms with E-state index in [1.807, 2.05) is 0 Å². The third kappa shape index (κ3) is 21.5. The van der Waals surface area contributed by atoms with Gasteiger partial charge in [0.05, 0.1) is 49.7 Å². The van der Waals surface area contributed by atoms with Gasteiger partial charge in [-0.05, 0) is 166 Å². The SMILES string of the molecule is O=C(Oc1ccc2ccc(=O)oc2c1)c1ccc(OCCCCCCCOCC(COCCCCCCCOc2ccc(C(=O)Oc3ccc4ccc(=O)oc4c3)cc2)OCCCCCCCOc2ccc(C(=O)Oc3ccc4ccc(=O)oc4c3)cc2)cc1. The van der Waals surface area contributed by atoms with E-state index in [-0.39, 0.29) is 23.4 Å². The van der Waals surface area contributed by atoms with Crippen molar-refractivity contribution in [2.75, 3.05) is 52.9 Å². The zero-order chi connectivity index (χ0) is 62.5. The standard InChI is InChI=1S/C72H74O18/c73-67-37-25-51-16-34-60(46-64(51)88-67)85-70(76)54-19-28-57(29-20-54)81-42-12-6-1-4-10-40-79-49-63(84-45-15-9-3-8-14-44-83-59-32-23-56(24-33-59)72(78)87-62-36-18-53-27-39-69(75)90-66(53)48-62)50-80-41-11-5-2-7-13-43-82-58-30-21-55(22-31-58)71(77)86-61-35-17-52-26-38-68(74)89-65(52)47-61/h16-39,46-48,63H,1-15,40-45,49-50H2. The fourth-order valence-electron chi connectivity index (χ4n) is 9.67. The highest BCUT2D eigenvalue weighted by Gasteiger charge is 2.15. The Hall–Kier alpha value is -9.36. The Morgan fingerprint density at radius 2 is 0.567 bits per heavy atom. The number of hydrogen-bond donors (Lipinski definition) is 0. The van der Waals surface area contributed by atoms with E-state index >= 15 is 0 Å². The van der Waals surface area contributed by atoms with Gasteiger partial charge in [0.25, 0.3) is 0 Å². The van der Waals surface area contributed by atoms with Crippen LogP contribution in [0, 0.1) is 0 Å². The van der Waals surface area contributed by atoms with Gasteiger partial charge >= 0.3 is 34.8 Å². The number of ether oxygens (including phenoxy) is 9. The summed E-state index contributed by atoms with van der Waals surface area (Å²) in [6, 6.07) is 44.1. The van der Waals surface area contributed by atoms with Crippen molar-refractivity contribution in [1.82, 2.24) is 0 Å². The first kappa shape index (κ1) is 65.1. The summed E-state index contributed by atoms with van der Waals surface area (Å²) >= 11 is 0. The molecule has 90 heavy (non-hydrogen) atoms. The molecule has 9 aromatic rings. The van der Waals surface area contributed by atoms with Crippen molar-refractivity contribution in [3.63, 3.8) is 0 Å². The predicted molar refractivity (Wildman–Crippen MR) is 339 cm³/mol. The largest absolute Gasteiger partial charge is 0.494 e. The number of rotatable bonds is 38. The molecule has 0 unspecified atom stereocenters. The van der Waals surface area contributed by atoms with E-state index in [2.05, 4.69) is 0 Å². The number of unbranched alkanes of at least 4 members (excludes halogenated alkanes) is 12. The zero-order valence-electron chi connectivity index (χ0n) is 50.3. The highest BCUT2D eigenvalue weighted by Crippen LogP contribution is 2.25. The lowest BCUT2D eigenvalue weighted by Crippen LogP contribution is -2.27. The number of carbonyl (C=O) groups excluding carboxylic acids is 3. The first-order valence-electron chi connectivity index (χ1n) is 30.8. The van der Waals surface area contributed by atoms with Gasteiger partial charge in [0.2, 0.25) is 0 Å². The third-order valence-corrected chi connectivity index (χ3v) is 14.6. The van der Waals surface area contributed by atoms with Crippen LogP contribution in [0.15, 0.2) is 191 Å². The molecule has 0 spiro atoms. The fraction of sp³-hybridized carbons (Fsp3) is 0.333. The van der Waals surface area contributed by atoms with E-state index in [0.717, 1.165) is 112 Å². The van der Waals surface area contributed by atoms with Crippen LogP contribution in [0.1, 0.15) is 127 Å². The van der Waals surface area contributed by atoms with Crippen molar-refractivity contribution < 1.29 is 70.3 Å². The quantitative estimate of drug-likeness (QED) is 0.0152. The molecule has 0 N–H and O–H groups in total. The maximum absolute atomic E-state index is 12.8. The molecule has 0 aliphatic rings. The summed E-state index contributed by atoms with van der Waals surface area (Å²) < 4.78 is 68.5. The molecule has 0 radical (unpaired) electrons. The second-order valence-electron chi connectivity index (χ2n) is 21.6. The molecular weight excluding hydrogens is 1150 g/mol. The molecule has 9 rings (SSSR count). The van der Waals surface area contributed by atoms with Gasteiger partial charge in [0, 0.05) is 72.4 Å². The van der Waals surface area contributed by atoms with Crippen LogP contribution in [0.25, 0.3) is 32.9 Å². The molecule has 470 valence electrons. The first-order chi connectivity index (χ1) is 44.1. The molecule has 0 saturated carbocycles. The molecule has 0 aliphatic carbocycles. The number of benzene rings is 6. The molecule has 18 heteroatoms. The van der Waals surface area contributed by atoms with Crippen LogP contribution in [-0.2, 0) is 14.2 Å². The summed E-state index contributed by atoms with van der Waals surface area (Å²) in [6.45, 7) is 4.47. The van der Waals surface area contributed by atoms with Gasteiger partial charge in [0.1, 0.15) is 57.4 Å². The molecule has 0 amide bonds. The van der Waals surface area contributed by atoms with Gasteiger partial charge in [-0.2, -0.15) is 0 Å². The Morgan fingerprint density at radius 1 is 0.300 bits per heavy atom. The summed E-state index contributed by atoms with van der Waals surface area (Å²) in [7, 11) is 0. The minimum Gasteiger partial charge on any atom is -0.494 e. The van der Waals surface area contributed by atoms with E-state index in [4.69, 9.17) is 55.9 Å². The second kappa shape index (κ2) is 35.0. The topological polar surface area (TPSA) is 225 Å². The van der Waals surface area contributed by atoms with Crippen molar-refractivity contribution in [2.24, 2.45) is 0 Å². The van der Waals surface area contributed by atoms with Crippen LogP contribution in [0.4, 0.5) is 0 Å². The minimum absolute atomic E-state index is 0.173. The van der Waals surface area contributed by atoms with Crippen LogP contribution < -0.4 is 45.3 Å². The van der Waals surface area contributed by atoms with Gasteiger partial charge in [-0.3, -0.25) is 0 Å². The van der Waals surface area contributed by atoms with Gasteiger partial charge in [0.15, 0.2) is 0 Å². The number of hydrogen-bond acceptors (Lipinski definition) is 18. The Labute approximate surface area is 520 Å². The van der Waals surface area contributed by atoms with Gasteiger partial charge in [-0.1, -0.05) is 57.8 Å². The predicted octanol–water partition coefficient (Wildman–Crippen LogP) is 14.5. The van der Waals surface area contributed by atoms with Crippen LogP contribution >= 0.6 is 0 Å². The Kier molecular flexibility index (Phi) is 25.3. The Morgan fingerprint density at radius 3 is 0.889 bits per heavy atom. The lowest BCUT2D eigenvalue weighted by Gasteiger charge is -2.18. The van der Waals surface area contributed by atoms with Crippen molar-refractivity contribution in [2.45, 2.75) is 102 Å². The fourth-order valence-corrected chi connectivity index (χ4v) is 9.67. The molecule has 0 atom stereocenters. The Balaban J connectivity index is 0.615. The van der Waals surface area contributed by atoms with E-state index in [1.165, 1.54) is 36.4 Å². The second-order valence-corrected chi connectivity index (χ2v) is 21.6. The van der Waals surface area contributed by atoms with Crippen molar-refractivity contribution in [3.05, 3.63) is 212 Å². The molecule has 3 aromatic heterocycles. The average molecular weight is 1230 g/mol. The zero-order valence-corrected chi connectivity index (χ0v) is 50.3. The third-order valence-electron chi connectivity index (χ3n) is 14.6. The lowest BCUT2D eigenvalue weighted by molar-refractivity contribution is -0.0616. The van der Waals surface area contributed by atoms with Gasteiger partial charge in [-0.25, -0.2) is 28.8 Å². The molecule has 6 aromatic carbocycles. The van der Waals surface area contributed by atoms with Crippen LogP contribution in [0.2, 0.25) is 0 Å². The summed E-state index contributed by atoms with van der Waals surface area (Å²) in [5, 5.41) is 2.18. The Bertz CT molecular complexity index is 3730. The van der Waals surface area contributed by atoms with Crippen molar-refractivity contribution in [1.29, 1.82) is 0 Å². The van der Waals surface area contributed by atoms with E-state index in [0.29, 0.717) is 104 Å². The summed E-state index contributed by atoms with van der Waals surface area (Å²) in [5.41, 5.74) is 0.690. The van der Waals surface area contributed by atoms with Gasteiger partial charge in [-0.15, -0.1) is 0 Å². The molecule has 0 saturated heterocycles.